The third kappa shape index (κ3) is 4.96. The topological polar surface area (TPSA) is 33.3 Å². The van der Waals surface area contributed by atoms with Gasteiger partial charge in [-0.15, -0.1) is 0 Å². The Hall–Kier alpha value is -2.07. The fraction of sp³-hybridized carbons (Fsp3) is 0.350. The lowest BCUT2D eigenvalue weighted by atomic mass is 10.0. The van der Waals surface area contributed by atoms with Crippen LogP contribution in [-0.4, -0.2) is 12.2 Å². The molecule has 0 saturated heterocycles. The Labute approximate surface area is 150 Å². The normalized spacial score (nSPS) is 11.9. The van der Waals surface area contributed by atoms with E-state index in [-0.39, 0.29) is 6.04 Å². The molecule has 1 atom stereocenters. The summed E-state index contributed by atoms with van der Waals surface area (Å²) in [7, 11) is 1.67. The van der Waals surface area contributed by atoms with Crippen LogP contribution < -0.4 is 15.4 Å². The minimum Gasteiger partial charge on any atom is -0.497 e. The standard InChI is InChI=1S/C20H26N2OS/c1-5-19(16-8-12-18(23-4)13-9-16)22-20(24)21-17-10-6-15(7-11-17)14(2)3/h6-14,19H,5H2,1-4H3,(H2,21,22,24)/t19-/m0/s1. The summed E-state index contributed by atoms with van der Waals surface area (Å²) in [6.45, 7) is 6.52. The van der Waals surface area contributed by atoms with Crippen molar-refractivity contribution in [2.24, 2.45) is 0 Å². The average molecular weight is 343 g/mol. The molecule has 0 aliphatic heterocycles. The van der Waals surface area contributed by atoms with Crippen molar-refractivity contribution < 1.29 is 4.74 Å². The molecule has 0 aromatic heterocycles. The summed E-state index contributed by atoms with van der Waals surface area (Å²) in [4.78, 5) is 0. The highest BCUT2D eigenvalue weighted by atomic mass is 32.1. The summed E-state index contributed by atoms with van der Waals surface area (Å²) < 4.78 is 5.21. The van der Waals surface area contributed by atoms with Crippen molar-refractivity contribution >= 4 is 23.0 Å². The molecule has 0 fully saturated rings. The maximum atomic E-state index is 5.46. The van der Waals surface area contributed by atoms with Gasteiger partial charge in [0, 0.05) is 5.69 Å². The zero-order valence-electron chi connectivity index (χ0n) is 14.8. The number of thiocarbonyl (C=S) groups is 1. The van der Waals surface area contributed by atoms with Gasteiger partial charge in [-0.05, 0) is 59.9 Å². The number of hydrogen-bond acceptors (Lipinski definition) is 2. The zero-order valence-corrected chi connectivity index (χ0v) is 15.6. The maximum absolute atomic E-state index is 5.46. The number of methoxy groups -OCH3 is 1. The van der Waals surface area contributed by atoms with Gasteiger partial charge in [0.15, 0.2) is 5.11 Å². The second-order valence-corrected chi connectivity index (χ2v) is 6.52. The molecule has 2 rings (SSSR count). The highest BCUT2D eigenvalue weighted by molar-refractivity contribution is 7.80. The van der Waals surface area contributed by atoms with Crippen LogP contribution >= 0.6 is 12.2 Å². The molecule has 0 radical (unpaired) electrons. The second kappa shape index (κ2) is 8.69. The van der Waals surface area contributed by atoms with Gasteiger partial charge in [-0.3, -0.25) is 0 Å². The van der Waals surface area contributed by atoms with Gasteiger partial charge >= 0.3 is 0 Å². The molecule has 0 amide bonds. The van der Waals surface area contributed by atoms with Crippen LogP contribution in [0.2, 0.25) is 0 Å². The molecule has 2 N–H and O–H groups in total. The van der Waals surface area contributed by atoms with Crippen LogP contribution in [0.5, 0.6) is 5.75 Å². The molecule has 0 aliphatic rings. The molecule has 0 unspecified atom stereocenters. The fourth-order valence-corrected chi connectivity index (χ4v) is 2.79. The Kier molecular flexibility index (Phi) is 6.62. The maximum Gasteiger partial charge on any atom is 0.171 e. The van der Waals surface area contributed by atoms with Crippen LogP contribution in [-0.2, 0) is 0 Å². The van der Waals surface area contributed by atoms with Crippen molar-refractivity contribution in [3.63, 3.8) is 0 Å². The van der Waals surface area contributed by atoms with Crippen LogP contribution in [0.1, 0.15) is 50.3 Å². The van der Waals surface area contributed by atoms with Crippen LogP contribution in [0.4, 0.5) is 5.69 Å². The first-order chi connectivity index (χ1) is 11.5. The van der Waals surface area contributed by atoms with E-state index < -0.39 is 0 Å². The van der Waals surface area contributed by atoms with Crippen LogP contribution in [0, 0.1) is 0 Å². The van der Waals surface area contributed by atoms with E-state index in [1.54, 1.807) is 7.11 Å². The smallest absolute Gasteiger partial charge is 0.171 e. The Balaban J connectivity index is 1.98. The Morgan fingerprint density at radius 3 is 2.08 bits per heavy atom. The lowest BCUT2D eigenvalue weighted by molar-refractivity contribution is 0.414. The van der Waals surface area contributed by atoms with Crippen molar-refractivity contribution in [1.82, 2.24) is 5.32 Å². The molecular formula is C20H26N2OS. The van der Waals surface area contributed by atoms with Crippen molar-refractivity contribution in [2.75, 3.05) is 12.4 Å². The first kappa shape index (κ1) is 18.3. The Morgan fingerprint density at radius 2 is 1.58 bits per heavy atom. The molecule has 4 heteroatoms. The van der Waals surface area contributed by atoms with Gasteiger partial charge in [0.05, 0.1) is 13.2 Å². The first-order valence-electron chi connectivity index (χ1n) is 8.35. The number of rotatable bonds is 6. The SMILES string of the molecule is CC[C@H](NC(=S)Nc1ccc(C(C)C)cc1)c1ccc(OC)cc1. The van der Waals surface area contributed by atoms with E-state index in [1.807, 2.05) is 12.1 Å². The van der Waals surface area contributed by atoms with Gasteiger partial charge in [0.25, 0.3) is 0 Å². The molecule has 0 heterocycles. The van der Waals surface area contributed by atoms with E-state index in [9.17, 15) is 0 Å². The van der Waals surface area contributed by atoms with Gasteiger partial charge < -0.3 is 15.4 Å². The van der Waals surface area contributed by atoms with Crippen molar-refractivity contribution in [1.29, 1.82) is 0 Å². The molecule has 2 aromatic rings. The number of benzene rings is 2. The predicted molar refractivity (Wildman–Crippen MR) is 106 cm³/mol. The van der Waals surface area contributed by atoms with Crippen LogP contribution in [0.15, 0.2) is 48.5 Å². The molecule has 0 saturated carbocycles. The quantitative estimate of drug-likeness (QED) is 0.702. The highest BCUT2D eigenvalue weighted by Gasteiger charge is 2.11. The van der Waals surface area contributed by atoms with Crippen LogP contribution in [0.25, 0.3) is 0 Å². The Morgan fingerprint density at radius 1 is 1.00 bits per heavy atom. The van der Waals surface area contributed by atoms with Crippen molar-refractivity contribution in [3.05, 3.63) is 59.7 Å². The van der Waals surface area contributed by atoms with Crippen LogP contribution in [0.3, 0.4) is 0 Å². The summed E-state index contributed by atoms with van der Waals surface area (Å²) >= 11 is 5.46. The van der Waals surface area contributed by atoms with E-state index in [2.05, 4.69) is 67.8 Å². The van der Waals surface area contributed by atoms with E-state index >= 15 is 0 Å². The minimum atomic E-state index is 0.172. The summed E-state index contributed by atoms with van der Waals surface area (Å²) in [6.07, 6.45) is 0.945. The third-order valence-electron chi connectivity index (χ3n) is 4.07. The van der Waals surface area contributed by atoms with Gasteiger partial charge in [0.2, 0.25) is 0 Å². The summed E-state index contributed by atoms with van der Waals surface area (Å²) in [5.74, 6) is 1.39. The fourth-order valence-electron chi connectivity index (χ4n) is 2.53. The van der Waals surface area contributed by atoms with E-state index in [4.69, 9.17) is 17.0 Å². The number of ether oxygens (including phenoxy) is 1. The molecule has 128 valence electrons. The minimum absolute atomic E-state index is 0.172. The first-order valence-corrected chi connectivity index (χ1v) is 8.75. The molecule has 0 bridgehead atoms. The predicted octanol–water partition coefficient (Wildman–Crippen LogP) is 5.26. The van der Waals surface area contributed by atoms with Gasteiger partial charge in [-0.1, -0.05) is 45.0 Å². The molecule has 3 nitrogen and oxygen atoms in total. The largest absolute Gasteiger partial charge is 0.497 e. The molecule has 2 aromatic carbocycles. The lowest BCUT2D eigenvalue weighted by Crippen LogP contribution is -2.32. The molecule has 0 aliphatic carbocycles. The highest BCUT2D eigenvalue weighted by Crippen LogP contribution is 2.21. The third-order valence-corrected chi connectivity index (χ3v) is 4.29. The average Bonchev–Trinajstić information content (AvgIpc) is 2.60. The molecule has 0 spiro atoms. The Bertz CT molecular complexity index is 650. The number of anilines is 1. The van der Waals surface area contributed by atoms with Gasteiger partial charge in [-0.2, -0.15) is 0 Å². The zero-order chi connectivity index (χ0) is 17.5. The van der Waals surface area contributed by atoms with E-state index in [0.29, 0.717) is 11.0 Å². The monoisotopic (exact) mass is 342 g/mol. The van der Waals surface area contributed by atoms with E-state index in [1.165, 1.54) is 11.1 Å². The number of hydrogen-bond donors (Lipinski definition) is 2. The second-order valence-electron chi connectivity index (χ2n) is 6.11. The van der Waals surface area contributed by atoms with Crippen molar-refractivity contribution in [3.8, 4) is 5.75 Å². The van der Waals surface area contributed by atoms with Gasteiger partial charge in [0.1, 0.15) is 5.75 Å². The van der Waals surface area contributed by atoms with Crippen molar-refractivity contribution in [2.45, 2.75) is 39.2 Å². The number of nitrogens with one attached hydrogen (secondary N) is 2. The van der Waals surface area contributed by atoms with Gasteiger partial charge in [-0.25, -0.2) is 0 Å². The summed E-state index contributed by atoms with van der Waals surface area (Å²) in [5.41, 5.74) is 3.52. The molecular weight excluding hydrogens is 316 g/mol. The molecule has 24 heavy (non-hydrogen) atoms. The lowest BCUT2D eigenvalue weighted by Gasteiger charge is -2.20. The summed E-state index contributed by atoms with van der Waals surface area (Å²) in [5, 5.41) is 7.28. The summed E-state index contributed by atoms with van der Waals surface area (Å²) in [6, 6.07) is 16.7. The van der Waals surface area contributed by atoms with E-state index in [0.717, 1.165) is 17.9 Å².